The minimum Gasteiger partial charge on any atom is -0.497 e. The molecule has 8 nitrogen and oxygen atoms in total. The summed E-state index contributed by atoms with van der Waals surface area (Å²) in [6.45, 7) is 0.379. The Balaban J connectivity index is 1.36. The van der Waals surface area contributed by atoms with Crippen LogP contribution in [-0.4, -0.2) is 48.5 Å². The molecule has 2 saturated heterocycles. The molecule has 2 atom stereocenters. The zero-order valence-corrected chi connectivity index (χ0v) is 18.5. The summed E-state index contributed by atoms with van der Waals surface area (Å²) in [6, 6.07) is 21.1. The van der Waals surface area contributed by atoms with Gasteiger partial charge in [-0.15, -0.1) is 0 Å². The topological polar surface area (TPSA) is 88.2 Å². The highest BCUT2D eigenvalue weighted by atomic mass is 16.5. The van der Waals surface area contributed by atoms with Crippen LogP contribution in [0.3, 0.4) is 0 Å². The van der Waals surface area contributed by atoms with E-state index in [2.05, 4.69) is 5.32 Å². The summed E-state index contributed by atoms with van der Waals surface area (Å²) < 4.78 is 10.9. The lowest BCUT2D eigenvalue weighted by Crippen LogP contribution is -2.65. The molecule has 0 radical (unpaired) electrons. The molecule has 0 aromatic heterocycles. The van der Waals surface area contributed by atoms with E-state index in [1.165, 1.54) is 4.90 Å². The van der Waals surface area contributed by atoms with Gasteiger partial charge in [0.1, 0.15) is 23.3 Å². The Bertz CT molecular complexity index is 1210. The van der Waals surface area contributed by atoms with Gasteiger partial charge >= 0.3 is 6.03 Å². The highest BCUT2D eigenvalue weighted by Crippen LogP contribution is 2.31. The highest BCUT2D eigenvalue weighted by molar-refractivity contribution is 6.19. The first-order chi connectivity index (χ1) is 16.5. The molecule has 2 fully saturated rings. The molecule has 8 heteroatoms. The van der Waals surface area contributed by atoms with Gasteiger partial charge in [-0.1, -0.05) is 18.2 Å². The van der Waals surface area contributed by atoms with Crippen LogP contribution in [0.5, 0.6) is 17.2 Å². The monoisotopic (exact) mass is 457 g/mol. The molecule has 172 valence electrons. The maximum absolute atomic E-state index is 13.5. The Morgan fingerprint density at radius 2 is 1.53 bits per heavy atom. The van der Waals surface area contributed by atoms with Gasteiger partial charge in [-0.3, -0.25) is 9.59 Å². The minimum atomic E-state index is -0.771. The minimum absolute atomic E-state index is 0.258. The van der Waals surface area contributed by atoms with Crippen molar-refractivity contribution >= 4 is 23.5 Å². The van der Waals surface area contributed by atoms with Crippen molar-refractivity contribution in [1.82, 2.24) is 10.2 Å². The molecule has 5 rings (SSSR count). The fourth-order valence-corrected chi connectivity index (χ4v) is 4.36. The number of hydrogen-bond acceptors (Lipinski definition) is 5. The van der Waals surface area contributed by atoms with Gasteiger partial charge in [0, 0.05) is 12.1 Å². The lowest BCUT2D eigenvalue weighted by molar-refractivity contribution is -0.122. The number of amides is 4. The molecule has 0 aliphatic carbocycles. The van der Waals surface area contributed by atoms with Crippen molar-refractivity contribution in [3.05, 3.63) is 84.4 Å². The zero-order chi connectivity index (χ0) is 23.7. The number of fused-ring (bicyclic) bond motifs is 1. The number of hydrogen-bond donors (Lipinski definition) is 1. The summed E-state index contributed by atoms with van der Waals surface area (Å²) in [5, 5.41) is 2.89. The SMILES string of the molecule is COc1ccc(C(=O)N2CC[C@H]3NC(=O)N(c4ccc(Oc5ccccc5)cc4)C(=O)[C@H]32)cc1. The number of carbonyl (C=O) groups excluding carboxylic acids is 3. The smallest absolute Gasteiger partial charge is 0.329 e. The van der Waals surface area contributed by atoms with Crippen molar-refractivity contribution in [2.75, 3.05) is 18.6 Å². The second-order valence-corrected chi connectivity index (χ2v) is 8.10. The fourth-order valence-electron chi connectivity index (χ4n) is 4.36. The molecule has 2 aliphatic heterocycles. The fraction of sp³-hybridized carbons (Fsp3) is 0.192. The van der Waals surface area contributed by atoms with Crippen molar-refractivity contribution in [3.63, 3.8) is 0 Å². The van der Waals surface area contributed by atoms with Gasteiger partial charge in [0.2, 0.25) is 0 Å². The summed E-state index contributed by atoms with van der Waals surface area (Å²) in [6.07, 6.45) is 0.516. The van der Waals surface area contributed by atoms with E-state index in [0.717, 1.165) is 4.90 Å². The number of likely N-dealkylation sites (tertiary alicyclic amines) is 1. The second kappa shape index (κ2) is 8.90. The van der Waals surface area contributed by atoms with Crippen LogP contribution in [0, 0.1) is 0 Å². The predicted molar refractivity (Wildman–Crippen MR) is 125 cm³/mol. The third-order valence-electron chi connectivity index (χ3n) is 6.05. The molecule has 2 aliphatic rings. The van der Waals surface area contributed by atoms with Gasteiger partial charge in [-0.2, -0.15) is 0 Å². The number of nitrogens with zero attached hydrogens (tertiary/aromatic N) is 2. The molecular formula is C26H23N3O5. The number of urea groups is 1. The van der Waals surface area contributed by atoms with Gasteiger partial charge in [0.15, 0.2) is 0 Å². The summed E-state index contributed by atoms with van der Waals surface area (Å²) >= 11 is 0. The number of carbonyl (C=O) groups is 3. The Labute approximate surface area is 196 Å². The summed E-state index contributed by atoms with van der Waals surface area (Å²) in [4.78, 5) is 42.0. The number of ether oxygens (including phenoxy) is 2. The van der Waals surface area contributed by atoms with Crippen LogP contribution in [-0.2, 0) is 4.79 Å². The van der Waals surface area contributed by atoms with Crippen LogP contribution in [0.25, 0.3) is 0 Å². The number of para-hydroxylation sites is 1. The second-order valence-electron chi connectivity index (χ2n) is 8.10. The molecule has 0 unspecified atom stereocenters. The van der Waals surface area contributed by atoms with Crippen molar-refractivity contribution in [1.29, 1.82) is 0 Å². The van der Waals surface area contributed by atoms with Crippen molar-refractivity contribution in [2.24, 2.45) is 0 Å². The van der Waals surface area contributed by atoms with Crippen molar-refractivity contribution < 1.29 is 23.9 Å². The predicted octanol–water partition coefficient (Wildman–Crippen LogP) is 3.83. The third-order valence-corrected chi connectivity index (χ3v) is 6.05. The van der Waals surface area contributed by atoms with E-state index in [1.54, 1.807) is 55.6 Å². The standard InChI is InChI=1S/C26H23N3O5/c1-33-19-11-7-17(8-12-19)24(30)28-16-15-22-23(28)25(31)29(26(32)27-22)18-9-13-21(14-10-18)34-20-5-3-2-4-6-20/h2-14,22-23H,15-16H2,1H3,(H,27,32)/t22-,23+/m1/s1. The summed E-state index contributed by atoms with van der Waals surface area (Å²) in [5.74, 6) is 1.22. The molecule has 3 aromatic rings. The van der Waals surface area contributed by atoms with Crippen LogP contribution in [0.15, 0.2) is 78.9 Å². The third kappa shape index (κ3) is 3.94. The Hall–Kier alpha value is -4.33. The first-order valence-corrected chi connectivity index (χ1v) is 11.0. The van der Waals surface area contributed by atoms with Crippen molar-refractivity contribution in [3.8, 4) is 17.2 Å². The molecular weight excluding hydrogens is 434 g/mol. The summed E-state index contributed by atoms with van der Waals surface area (Å²) in [5.41, 5.74) is 0.866. The zero-order valence-electron chi connectivity index (χ0n) is 18.5. The van der Waals surface area contributed by atoms with Gasteiger partial charge in [-0.25, -0.2) is 9.69 Å². The van der Waals surface area contributed by atoms with Crippen LogP contribution in [0.2, 0.25) is 0 Å². The molecule has 1 N–H and O–H groups in total. The van der Waals surface area contributed by atoms with E-state index in [-0.39, 0.29) is 5.91 Å². The average molecular weight is 457 g/mol. The number of rotatable bonds is 5. The molecule has 2 heterocycles. The molecule has 0 saturated carbocycles. The van der Waals surface area contributed by atoms with Crippen molar-refractivity contribution in [2.45, 2.75) is 18.5 Å². The highest BCUT2D eigenvalue weighted by Gasteiger charge is 2.50. The Kier molecular flexibility index (Phi) is 5.63. The number of imide groups is 1. The van der Waals surface area contributed by atoms with Gasteiger partial charge in [-0.05, 0) is 67.1 Å². The van der Waals surface area contributed by atoms with Crippen LogP contribution in [0.1, 0.15) is 16.8 Å². The maximum atomic E-state index is 13.5. The van der Waals surface area contributed by atoms with E-state index in [9.17, 15) is 14.4 Å². The number of methoxy groups -OCH3 is 1. The summed E-state index contributed by atoms with van der Waals surface area (Å²) in [7, 11) is 1.56. The van der Waals surface area contributed by atoms with Crippen LogP contribution < -0.4 is 19.7 Å². The number of benzene rings is 3. The van der Waals surface area contributed by atoms with E-state index in [4.69, 9.17) is 9.47 Å². The lowest BCUT2D eigenvalue weighted by atomic mass is 10.0. The van der Waals surface area contributed by atoms with E-state index >= 15 is 0 Å². The average Bonchev–Trinajstić information content (AvgIpc) is 3.29. The first kappa shape index (κ1) is 21.5. The van der Waals surface area contributed by atoms with E-state index < -0.39 is 24.0 Å². The maximum Gasteiger partial charge on any atom is 0.329 e. The van der Waals surface area contributed by atoms with Crippen LogP contribution >= 0.6 is 0 Å². The van der Waals surface area contributed by atoms with E-state index in [0.29, 0.717) is 41.5 Å². The molecule has 3 aromatic carbocycles. The molecule has 34 heavy (non-hydrogen) atoms. The largest absolute Gasteiger partial charge is 0.497 e. The van der Waals surface area contributed by atoms with Gasteiger partial charge in [0.05, 0.1) is 18.8 Å². The number of anilines is 1. The molecule has 0 spiro atoms. The van der Waals surface area contributed by atoms with Gasteiger partial charge < -0.3 is 19.7 Å². The number of nitrogens with one attached hydrogen (secondary N) is 1. The quantitative estimate of drug-likeness (QED) is 0.629. The normalized spacial score (nSPS) is 19.4. The van der Waals surface area contributed by atoms with E-state index in [1.807, 2.05) is 30.3 Å². The molecule has 4 amide bonds. The molecule has 0 bridgehead atoms. The first-order valence-electron chi connectivity index (χ1n) is 11.0. The Morgan fingerprint density at radius 3 is 2.21 bits per heavy atom. The Morgan fingerprint density at radius 1 is 0.882 bits per heavy atom. The lowest BCUT2D eigenvalue weighted by Gasteiger charge is -2.36. The van der Waals surface area contributed by atoms with Crippen LogP contribution in [0.4, 0.5) is 10.5 Å². The van der Waals surface area contributed by atoms with Gasteiger partial charge in [0.25, 0.3) is 11.8 Å².